The van der Waals surface area contributed by atoms with E-state index in [4.69, 9.17) is 4.74 Å². The molecule has 170 valence electrons. The van der Waals surface area contributed by atoms with E-state index in [9.17, 15) is 4.79 Å². The van der Waals surface area contributed by atoms with E-state index >= 15 is 0 Å². The third kappa shape index (κ3) is 5.02. The van der Waals surface area contributed by atoms with E-state index < -0.39 is 0 Å². The number of hydrogen-bond donors (Lipinski definition) is 0. The van der Waals surface area contributed by atoms with Gasteiger partial charge in [0.25, 0.3) is 5.91 Å². The van der Waals surface area contributed by atoms with Crippen molar-refractivity contribution >= 4 is 5.91 Å². The lowest BCUT2D eigenvalue weighted by Crippen LogP contribution is -2.48. The fourth-order valence-electron chi connectivity index (χ4n) is 4.03. The van der Waals surface area contributed by atoms with Crippen molar-refractivity contribution in [1.82, 2.24) is 29.4 Å². The second-order valence-corrected chi connectivity index (χ2v) is 8.45. The van der Waals surface area contributed by atoms with Crippen LogP contribution in [0.15, 0.2) is 36.7 Å². The summed E-state index contributed by atoms with van der Waals surface area (Å²) in [7, 11) is 0. The van der Waals surface area contributed by atoms with Gasteiger partial charge < -0.3 is 9.64 Å². The van der Waals surface area contributed by atoms with E-state index in [1.807, 2.05) is 28.6 Å². The summed E-state index contributed by atoms with van der Waals surface area (Å²) < 4.78 is 9.51. The Kier molecular flexibility index (Phi) is 6.60. The van der Waals surface area contributed by atoms with Crippen LogP contribution >= 0.6 is 0 Å². The molecule has 1 aromatic carbocycles. The normalized spacial score (nSPS) is 14.7. The molecule has 0 N–H and O–H groups in total. The standard InChI is InChI=1S/C24H32N6O2/c1-5-29-16-21(20(4)25-29)15-27-10-12-28(13-11-27)24(31)22-8-9-30(26-22)17-32-23-7-6-18(2)14-19(23)3/h6-9,14,16H,5,10-13,15,17H2,1-4H3. The first-order valence-electron chi connectivity index (χ1n) is 11.2. The fourth-order valence-corrected chi connectivity index (χ4v) is 4.03. The molecule has 32 heavy (non-hydrogen) atoms. The van der Waals surface area contributed by atoms with Crippen molar-refractivity contribution < 1.29 is 9.53 Å². The molecule has 0 unspecified atom stereocenters. The minimum Gasteiger partial charge on any atom is -0.471 e. The van der Waals surface area contributed by atoms with Gasteiger partial charge in [-0.25, -0.2) is 4.68 Å². The number of carbonyl (C=O) groups excluding carboxylic acids is 1. The monoisotopic (exact) mass is 436 g/mol. The highest BCUT2D eigenvalue weighted by Crippen LogP contribution is 2.19. The number of piperazine rings is 1. The SMILES string of the molecule is CCn1cc(CN2CCN(C(=O)c3ccn(COc4ccc(C)cc4C)n3)CC2)c(C)n1. The lowest BCUT2D eigenvalue weighted by molar-refractivity contribution is 0.0620. The molecular formula is C24H32N6O2. The number of rotatable bonds is 7. The molecule has 1 aliphatic rings. The van der Waals surface area contributed by atoms with Crippen LogP contribution < -0.4 is 4.74 Å². The zero-order valence-electron chi connectivity index (χ0n) is 19.4. The minimum absolute atomic E-state index is 0.0232. The summed E-state index contributed by atoms with van der Waals surface area (Å²) in [6.45, 7) is 13.4. The molecule has 4 rings (SSSR count). The molecule has 0 spiro atoms. The minimum atomic E-state index is -0.0232. The predicted molar refractivity (Wildman–Crippen MR) is 123 cm³/mol. The third-order valence-corrected chi connectivity index (χ3v) is 5.97. The molecule has 0 atom stereocenters. The maximum Gasteiger partial charge on any atom is 0.274 e. The molecule has 1 aliphatic heterocycles. The maximum atomic E-state index is 12.9. The van der Waals surface area contributed by atoms with Crippen LogP contribution in [-0.4, -0.2) is 61.4 Å². The second-order valence-electron chi connectivity index (χ2n) is 8.45. The Morgan fingerprint density at radius 3 is 2.50 bits per heavy atom. The average molecular weight is 437 g/mol. The Hall–Kier alpha value is -3.13. The van der Waals surface area contributed by atoms with Gasteiger partial charge in [0.1, 0.15) is 5.75 Å². The molecule has 2 aromatic heterocycles. The van der Waals surface area contributed by atoms with Crippen LogP contribution in [0.4, 0.5) is 0 Å². The van der Waals surface area contributed by atoms with Crippen LogP contribution in [0.1, 0.15) is 39.8 Å². The number of carbonyl (C=O) groups is 1. The number of aryl methyl sites for hydroxylation is 4. The lowest BCUT2D eigenvalue weighted by Gasteiger charge is -2.34. The van der Waals surface area contributed by atoms with Gasteiger partial charge in [0.2, 0.25) is 0 Å². The van der Waals surface area contributed by atoms with Gasteiger partial charge in [-0.3, -0.25) is 14.4 Å². The zero-order chi connectivity index (χ0) is 22.7. The van der Waals surface area contributed by atoms with E-state index in [1.54, 1.807) is 16.9 Å². The number of nitrogens with zero attached hydrogens (tertiary/aromatic N) is 6. The summed E-state index contributed by atoms with van der Waals surface area (Å²) in [6, 6.07) is 7.85. The summed E-state index contributed by atoms with van der Waals surface area (Å²) in [5.74, 6) is 0.805. The van der Waals surface area contributed by atoms with Crippen LogP contribution in [0.25, 0.3) is 0 Å². The van der Waals surface area contributed by atoms with Crippen molar-refractivity contribution in [1.29, 1.82) is 0 Å². The van der Waals surface area contributed by atoms with Gasteiger partial charge in [-0.05, 0) is 45.4 Å². The summed E-state index contributed by atoms with van der Waals surface area (Å²) in [5, 5.41) is 8.96. The molecule has 0 aliphatic carbocycles. The molecule has 0 saturated carbocycles. The molecule has 0 bridgehead atoms. The number of hydrogen-bond acceptors (Lipinski definition) is 5. The largest absolute Gasteiger partial charge is 0.471 e. The Bertz CT molecular complexity index is 1080. The third-order valence-electron chi connectivity index (χ3n) is 5.97. The van der Waals surface area contributed by atoms with Gasteiger partial charge in [-0.1, -0.05) is 17.7 Å². The molecule has 8 heteroatoms. The van der Waals surface area contributed by atoms with E-state index in [0.29, 0.717) is 18.8 Å². The highest BCUT2D eigenvalue weighted by Gasteiger charge is 2.24. The number of amides is 1. The van der Waals surface area contributed by atoms with Crippen molar-refractivity contribution in [3.05, 3.63) is 64.7 Å². The first kappa shape index (κ1) is 22.1. The lowest BCUT2D eigenvalue weighted by atomic mass is 10.1. The highest BCUT2D eigenvalue weighted by molar-refractivity contribution is 5.92. The first-order valence-corrected chi connectivity index (χ1v) is 11.2. The summed E-state index contributed by atoms with van der Waals surface area (Å²) in [4.78, 5) is 17.2. The molecule has 1 amide bonds. The van der Waals surface area contributed by atoms with Crippen LogP contribution in [0.5, 0.6) is 5.75 Å². The smallest absolute Gasteiger partial charge is 0.274 e. The number of aromatic nitrogens is 4. The van der Waals surface area contributed by atoms with Crippen molar-refractivity contribution in [2.75, 3.05) is 26.2 Å². The van der Waals surface area contributed by atoms with Crippen molar-refractivity contribution in [2.24, 2.45) is 0 Å². The molecule has 3 heterocycles. The number of ether oxygens (including phenoxy) is 1. The van der Waals surface area contributed by atoms with Crippen molar-refractivity contribution in [3.63, 3.8) is 0 Å². The fraction of sp³-hybridized carbons (Fsp3) is 0.458. The van der Waals surface area contributed by atoms with Crippen molar-refractivity contribution in [3.8, 4) is 5.75 Å². The van der Waals surface area contributed by atoms with Crippen LogP contribution in [0.3, 0.4) is 0 Å². The van der Waals surface area contributed by atoms with Gasteiger partial charge in [0.15, 0.2) is 12.4 Å². The Labute approximate surface area is 189 Å². The summed E-state index contributed by atoms with van der Waals surface area (Å²) >= 11 is 0. The summed E-state index contributed by atoms with van der Waals surface area (Å²) in [5.41, 5.74) is 5.09. The predicted octanol–water partition coefficient (Wildman–Crippen LogP) is 3.02. The van der Waals surface area contributed by atoms with E-state index in [0.717, 1.165) is 43.2 Å². The van der Waals surface area contributed by atoms with Gasteiger partial charge >= 0.3 is 0 Å². The van der Waals surface area contributed by atoms with Gasteiger partial charge in [-0.2, -0.15) is 10.2 Å². The topological polar surface area (TPSA) is 68.4 Å². The zero-order valence-corrected chi connectivity index (χ0v) is 19.4. The molecule has 1 saturated heterocycles. The molecule has 0 radical (unpaired) electrons. The summed E-state index contributed by atoms with van der Waals surface area (Å²) in [6.07, 6.45) is 3.92. The number of benzene rings is 1. The van der Waals surface area contributed by atoms with Gasteiger partial charge in [0, 0.05) is 57.2 Å². The molecule has 3 aromatic rings. The van der Waals surface area contributed by atoms with E-state index in [2.05, 4.69) is 48.1 Å². The molecular weight excluding hydrogens is 404 g/mol. The van der Waals surface area contributed by atoms with Crippen LogP contribution in [0.2, 0.25) is 0 Å². The second kappa shape index (κ2) is 9.56. The van der Waals surface area contributed by atoms with E-state index in [1.165, 1.54) is 11.1 Å². The Morgan fingerprint density at radius 1 is 1.03 bits per heavy atom. The quantitative estimate of drug-likeness (QED) is 0.570. The van der Waals surface area contributed by atoms with Crippen molar-refractivity contribution in [2.45, 2.75) is 47.5 Å². The average Bonchev–Trinajstić information content (AvgIpc) is 3.40. The Balaban J connectivity index is 1.29. The Morgan fingerprint density at radius 2 is 1.81 bits per heavy atom. The maximum absolute atomic E-state index is 12.9. The van der Waals surface area contributed by atoms with E-state index in [-0.39, 0.29) is 12.6 Å². The van der Waals surface area contributed by atoms with Crippen LogP contribution in [0, 0.1) is 20.8 Å². The first-order chi connectivity index (χ1) is 15.4. The molecule has 1 fully saturated rings. The van der Waals surface area contributed by atoms with Crippen LogP contribution in [-0.2, 0) is 19.8 Å². The van der Waals surface area contributed by atoms with Gasteiger partial charge in [-0.15, -0.1) is 0 Å². The molecule has 8 nitrogen and oxygen atoms in total. The van der Waals surface area contributed by atoms with Gasteiger partial charge in [0.05, 0.1) is 5.69 Å². The highest BCUT2D eigenvalue weighted by atomic mass is 16.5.